The molecule has 0 aromatic carbocycles. The third kappa shape index (κ3) is 3.24. The fraction of sp³-hybridized carbons (Fsp3) is 0.889. The highest BCUT2D eigenvalue weighted by Gasteiger charge is 2.35. The number of isocyanates is 1. The molecule has 14 heavy (non-hydrogen) atoms. The molecule has 1 rings (SSSR count). The number of aliphatic imine (C=N–C) groups is 1. The lowest BCUT2D eigenvalue weighted by Crippen LogP contribution is -2.37. The molecule has 0 N–H and O–H groups in total. The summed E-state index contributed by atoms with van der Waals surface area (Å²) in [4.78, 5) is 14.0. The first-order chi connectivity index (χ1) is 6.47. The molecule has 0 saturated heterocycles. The van der Waals surface area contributed by atoms with E-state index in [2.05, 4.69) is 4.99 Å². The summed E-state index contributed by atoms with van der Waals surface area (Å²) in [6.07, 6.45) is 7.06. The van der Waals surface area contributed by atoms with Crippen molar-refractivity contribution in [3.05, 3.63) is 0 Å². The summed E-state index contributed by atoms with van der Waals surface area (Å²) >= 11 is 0. The largest absolute Gasteiger partial charge is 0.235 e. The molecule has 0 aromatic heterocycles. The van der Waals surface area contributed by atoms with Gasteiger partial charge in [0.05, 0.1) is 11.3 Å². The minimum Gasteiger partial charge on any atom is -0.229 e. The van der Waals surface area contributed by atoms with Crippen molar-refractivity contribution in [3.63, 3.8) is 0 Å². The molecule has 1 aliphatic rings. The Balaban J connectivity index is 2.86. The van der Waals surface area contributed by atoms with E-state index < -0.39 is 15.4 Å². The van der Waals surface area contributed by atoms with Crippen LogP contribution in [-0.2, 0) is 14.6 Å². The van der Waals surface area contributed by atoms with Crippen molar-refractivity contribution < 1.29 is 13.2 Å². The predicted molar refractivity (Wildman–Crippen MR) is 53.6 cm³/mol. The molecule has 0 spiro atoms. The lowest BCUT2D eigenvalue weighted by molar-refractivity contribution is 0.325. The van der Waals surface area contributed by atoms with E-state index in [0.717, 1.165) is 19.3 Å². The molecule has 1 aliphatic carbocycles. The summed E-state index contributed by atoms with van der Waals surface area (Å²) in [5.41, 5.74) is -0.673. The number of hydrogen-bond acceptors (Lipinski definition) is 4. The number of hydrogen-bond donors (Lipinski definition) is 0. The number of rotatable bonds is 3. The van der Waals surface area contributed by atoms with Gasteiger partial charge in [0.25, 0.3) is 0 Å². The lowest BCUT2D eigenvalue weighted by atomic mass is 9.84. The Kier molecular flexibility index (Phi) is 3.45. The predicted octanol–water partition coefficient (Wildman–Crippen LogP) is 1.07. The van der Waals surface area contributed by atoms with Gasteiger partial charge in [-0.2, -0.15) is 4.99 Å². The van der Waals surface area contributed by atoms with Crippen LogP contribution in [0.2, 0.25) is 0 Å². The van der Waals surface area contributed by atoms with E-state index in [-0.39, 0.29) is 5.75 Å². The van der Waals surface area contributed by atoms with Crippen LogP contribution >= 0.6 is 0 Å². The first-order valence-corrected chi connectivity index (χ1v) is 6.80. The van der Waals surface area contributed by atoms with E-state index in [1.165, 1.54) is 12.3 Å². The summed E-state index contributed by atoms with van der Waals surface area (Å²) in [6, 6.07) is 0. The molecule has 0 unspecified atom stereocenters. The lowest BCUT2D eigenvalue weighted by Gasteiger charge is -2.31. The molecule has 0 amide bonds. The van der Waals surface area contributed by atoms with Crippen molar-refractivity contribution in [1.29, 1.82) is 0 Å². The third-order valence-corrected chi connectivity index (χ3v) is 3.66. The monoisotopic (exact) mass is 217 g/mol. The Labute approximate surface area is 84.3 Å². The van der Waals surface area contributed by atoms with Gasteiger partial charge in [0.15, 0.2) is 0 Å². The van der Waals surface area contributed by atoms with Crippen LogP contribution in [0.5, 0.6) is 0 Å². The molecule has 1 saturated carbocycles. The Morgan fingerprint density at radius 3 is 2.29 bits per heavy atom. The zero-order chi connectivity index (χ0) is 10.7. The second kappa shape index (κ2) is 4.24. The summed E-state index contributed by atoms with van der Waals surface area (Å²) in [6.45, 7) is 0. The van der Waals surface area contributed by atoms with Crippen LogP contribution in [0.15, 0.2) is 4.99 Å². The molecule has 0 atom stereocenters. The molecule has 1 fully saturated rings. The third-order valence-electron chi connectivity index (χ3n) is 2.60. The minimum atomic E-state index is -3.08. The van der Waals surface area contributed by atoms with Crippen LogP contribution in [0.25, 0.3) is 0 Å². The smallest absolute Gasteiger partial charge is 0.229 e. The van der Waals surface area contributed by atoms with Crippen molar-refractivity contribution in [2.45, 2.75) is 37.6 Å². The second-order valence-corrected chi connectivity index (χ2v) is 6.20. The van der Waals surface area contributed by atoms with Gasteiger partial charge in [-0.05, 0) is 12.8 Å². The molecular weight excluding hydrogens is 202 g/mol. The van der Waals surface area contributed by atoms with Gasteiger partial charge in [0, 0.05) is 6.26 Å². The highest BCUT2D eigenvalue weighted by atomic mass is 32.2. The normalized spacial score (nSPS) is 21.2. The van der Waals surface area contributed by atoms with Crippen molar-refractivity contribution in [3.8, 4) is 0 Å². The highest BCUT2D eigenvalue weighted by molar-refractivity contribution is 7.90. The first kappa shape index (κ1) is 11.4. The number of carbonyl (C=O) groups excluding carboxylic acids is 1. The highest BCUT2D eigenvalue weighted by Crippen LogP contribution is 2.32. The molecule has 4 nitrogen and oxygen atoms in total. The van der Waals surface area contributed by atoms with Crippen LogP contribution in [0.3, 0.4) is 0 Å². The van der Waals surface area contributed by atoms with E-state index in [9.17, 15) is 13.2 Å². The maximum absolute atomic E-state index is 11.2. The zero-order valence-electron chi connectivity index (χ0n) is 8.32. The number of nitrogens with zero attached hydrogens (tertiary/aromatic N) is 1. The van der Waals surface area contributed by atoms with Crippen LogP contribution in [0.1, 0.15) is 32.1 Å². The minimum absolute atomic E-state index is 0.0186. The summed E-state index contributed by atoms with van der Waals surface area (Å²) in [7, 11) is -3.08. The molecule has 0 aromatic rings. The van der Waals surface area contributed by atoms with E-state index in [0.29, 0.717) is 12.8 Å². The van der Waals surface area contributed by atoms with Gasteiger partial charge in [0.1, 0.15) is 9.84 Å². The molecule has 80 valence electrons. The Morgan fingerprint density at radius 2 is 1.86 bits per heavy atom. The molecular formula is C9H15NO3S. The molecule has 5 heteroatoms. The molecule has 0 radical (unpaired) electrons. The van der Waals surface area contributed by atoms with Crippen molar-refractivity contribution in [2.24, 2.45) is 4.99 Å². The SMILES string of the molecule is CS(=O)(=O)CC1(N=C=O)CCCCC1. The van der Waals surface area contributed by atoms with Crippen LogP contribution in [0, 0.1) is 0 Å². The van der Waals surface area contributed by atoms with E-state index in [4.69, 9.17) is 0 Å². The van der Waals surface area contributed by atoms with Crippen molar-refractivity contribution in [1.82, 2.24) is 0 Å². The Morgan fingerprint density at radius 1 is 1.29 bits per heavy atom. The van der Waals surface area contributed by atoms with Gasteiger partial charge in [-0.1, -0.05) is 19.3 Å². The average Bonchev–Trinajstić information content (AvgIpc) is 2.02. The van der Waals surface area contributed by atoms with Gasteiger partial charge in [0.2, 0.25) is 6.08 Å². The maximum Gasteiger partial charge on any atom is 0.235 e. The fourth-order valence-electron chi connectivity index (χ4n) is 2.08. The quantitative estimate of drug-likeness (QED) is 0.524. The maximum atomic E-state index is 11.2. The van der Waals surface area contributed by atoms with Gasteiger partial charge in [-0.15, -0.1) is 0 Å². The van der Waals surface area contributed by atoms with Crippen LogP contribution in [-0.4, -0.2) is 32.0 Å². The average molecular weight is 217 g/mol. The van der Waals surface area contributed by atoms with Crippen molar-refractivity contribution in [2.75, 3.05) is 12.0 Å². The fourth-order valence-corrected chi connectivity index (χ4v) is 3.41. The zero-order valence-corrected chi connectivity index (χ0v) is 9.14. The van der Waals surface area contributed by atoms with Gasteiger partial charge in [-0.25, -0.2) is 13.2 Å². The molecule has 0 heterocycles. The Hall–Kier alpha value is -0.670. The van der Waals surface area contributed by atoms with Crippen LogP contribution < -0.4 is 0 Å². The number of sulfone groups is 1. The van der Waals surface area contributed by atoms with Crippen molar-refractivity contribution >= 4 is 15.9 Å². The van der Waals surface area contributed by atoms with E-state index >= 15 is 0 Å². The topological polar surface area (TPSA) is 63.6 Å². The standard InChI is InChI=1S/C9H15NO3S/c1-14(12,13)7-9(10-8-11)5-3-2-4-6-9/h2-7H2,1H3. The summed E-state index contributed by atoms with van der Waals surface area (Å²) in [5.74, 6) is -0.0186. The first-order valence-electron chi connectivity index (χ1n) is 4.74. The van der Waals surface area contributed by atoms with Gasteiger partial charge in [-0.3, -0.25) is 0 Å². The summed E-state index contributed by atoms with van der Waals surface area (Å²) in [5, 5.41) is 0. The second-order valence-electron chi connectivity index (χ2n) is 4.06. The van der Waals surface area contributed by atoms with E-state index in [1.54, 1.807) is 0 Å². The van der Waals surface area contributed by atoms with Gasteiger partial charge < -0.3 is 0 Å². The molecule has 0 aliphatic heterocycles. The van der Waals surface area contributed by atoms with E-state index in [1.807, 2.05) is 0 Å². The Bertz CT molecular complexity index is 335. The van der Waals surface area contributed by atoms with Crippen LogP contribution in [0.4, 0.5) is 0 Å². The molecule has 0 bridgehead atoms. The summed E-state index contributed by atoms with van der Waals surface area (Å²) < 4.78 is 22.4. The van der Waals surface area contributed by atoms with Gasteiger partial charge >= 0.3 is 0 Å².